The van der Waals surface area contributed by atoms with E-state index in [1.807, 2.05) is 30.3 Å². The van der Waals surface area contributed by atoms with Gasteiger partial charge in [-0.25, -0.2) is 5.84 Å². The van der Waals surface area contributed by atoms with Gasteiger partial charge in [-0.05, 0) is 11.5 Å². The first-order chi connectivity index (χ1) is 6.83. The molecule has 1 heterocycles. The molecule has 0 radical (unpaired) electrons. The first kappa shape index (κ1) is 14.6. The van der Waals surface area contributed by atoms with Gasteiger partial charge in [0.2, 0.25) is 0 Å². The Bertz CT molecular complexity index is 485. The molecule has 0 spiro atoms. The Labute approximate surface area is 105 Å². The fourth-order valence-corrected chi connectivity index (χ4v) is 1.37. The van der Waals surface area contributed by atoms with E-state index in [1.54, 1.807) is 6.20 Å². The molecule has 0 saturated heterocycles. The summed E-state index contributed by atoms with van der Waals surface area (Å²) in [6.45, 7) is 0. The molecule has 86 valence electrons. The highest BCUT2D eigenvalue weighted by atomic mass is 35.5. The van der Waals surface area contributed by atoms with Gasteiger partial charge in [-0.15, -0.1) is 24.8 Å². The van der Waals surface area contributed by atoms with Crippen LogP contribution in [0.15, 0.2) is 36.5 Å². The Morgan fingerprint density at radius 1 is 1.19 bits per heavy atom. The van der Waals surface area contributed by atoms with Crippen molar-refractivity contribution < 1.29 is 4.79 Å². The first-order valence-corrected chi connectivity index (χ1v) is 4.17. The maximum Gasteiger partial charge on any atom is 0.284 e. The molecule has 0 aliphatic heterocycles. The summed E-state index contributed by atoms with van der Waals surface area (Å²) in [4.78, 5) is 15.3. The third-order valence-electron chi connectivity index (χ3n) is 2.02. The zero-order valence-electron chi connectivity index (χ0n) is 8.21. The molecule has 16 heavy (non-hydrogen) atoms. The van der Waals surface area contributed by atoms with Gasteiger partial charge < -0.3 is 0 Å². The number of nitrogens with one attached hydrogen (secondary N) is 1. The van der Waals surface area contributed by atoms with E-state index >= 15 is 0 Å². The third-order valence-corrected chi connectivity index (χ3v) is 2.02. The number of benzene rings is 1. The average Bonchev–Trinajstić information content (AvgIpc) is 2.27. The summed E-state index contributed by atoms with van der Waals surface area (Å²) in [6.07, 6.45) is 1.59. The van der Waals surface area contributed by atoms with E-state index in [2.05, 4.69) is 10.4 Å². The van der Waals surface area contributed by atoms with Gasteiger partial charge in [0.25, 0.3) is 5.91 Å². The van der Waals surface area contributed by atoms with Crippen molar-refractivity contribution in [1.29, 1.82) is 0 Å². The Hall–Kier alpha value is -1.36. The number of amides is 1. The van der Waals surface area contributed by atoms with Crippen molar-refractivity contribution >= 4 is 41.5 Å². The lowest BCUT2D eigenvalue weighted by atomic mass is 10.1. The molecule has 0 aliphatic carbocycles. The maximum absolute atomic E-state index is 11.3. The number of aromatic nitrogens is 1. The van der Waals surface area contributed by atoms with E-state index in [0.717, 1.165) is 10.8 Å². The Kier molecular flexibility index (Phi) is 5.74. The van der Waals surface area contributed by atoms with Crippen molar-refractivity contribution in [3.63, 3.8) is 0 Å². The smallest absolute Gasteiger partial charge is 0.284 e. The molecule has 0 bridgehead atoms. The van der Waals surface area contributed by atoms with Gasteiger partial charge in [-0.2, -0.15) is 0 Å². The second-order valence-electron chi connectivity index (χ2n) is 2.85. The number of carbonyl (C=O) groups excluding carboxylic acids is 1. The van der Waals surface area contributed by atoms with Crippen molar-refractivity contribution in [3.05, 3.63) is 42.2 Å². The quantitative estimate of drug-likeness (QED) is 0.465. The van der Waals surface area contributed by atoms with Gasteiger partial charge in [0.05, 0.1) is 0 Å². The number of nitrogen functional groups attached to an aromatic ring is 1. The summed E-state index contributed by atoms with van der Waals surface area (Å²) < 4.78 is 0. The number of fused-ring (bicyclic) bond motifs is 1. The zero-order valence-corrected chi connectivity index (χ0v) is 9.85. The van der Waals surface area contributed by atoms with Crippen LogP contribution < -0.4 is 11.3 Å². The minimum Gasteiger partial charge on any atom is -0.289 e. The fourth-order valence-electron chi connectivity index (χ4n) is 1.37. The number of rotatable bonds is 1. The predicted molar refractivity (Wildman–Crippen MR) is 67.9 cm³/mol. The minimum atomic E-state index is -0.373. The lowest BCUT2D eigenvalue weighted by Gasteiger charge is -2.02. The maximum atomic E-state index is 11.3. The van der Waals surface area contributed by atoms with Crippen molar-refractivity contribution in [2.45, 2.75) is 0 Å². The van der Waals surface area contributed by atoms with E-state index in [4.69, 9.17) is 5.84 Å². The molecule has 0 unspecified atom stereocenters. The number of hydrogen-bond acceptors (Lipinski definition) is 3. The van der Waals surface area contributed by atoms with Gasteiger partial charge in [0, 0.05) is 11.6 Å². The van der Waals surface area contributed by atoms with Gasteiger partial charge in [0.1, 0.15) is 5.69 Å². The molecule has 6 heteroatoms. The molecule has 0 atom stereocenters. The van der Waals surface area contributed by atoms with Crippen LogP contribution in [0.5, 0.6) is 0 Å². The van der Waals surface area contributed by atoms with Crippen LogP contribution in [0, 0.1) is 0 Å². The number of hydrogen-bond donors (Lipinski definition) is 2. The first-order valence-electron chi connectivity index (χ1n) is 4.17. The van der Waals surface area contributed by atoms with Crippen LogP contribution in [-0.2, 0) is 0 Å². The van der Waals surface area contributed by atoms with E-state index < -0.39 is 0 Å². The van der Waals surface area contributed by atoms with Crippen LogP contribution in [0.1, 0.15) is 10.5 Å². The molecular formula is C10H11Cl2N3O. The standard InChI is InChI=1S/C10H9N3O.2ClH/c11-13-10(14)9-8-4-2-1-3-7(8)5-6-12-9;;/h1-6H,11H2,(H,13,14);2*1H. The van der Waals surface area contributed by atoms with Crippen molar-refractivity contribution in [3.8, 4) is 0 Å². The second kappa shape index (κ2) is 6.27. The van der Waals surface area contributed by atoms with Crippen LogP contribution in [0.3, 0.4) is 0 Å². The highest BCUT2D eigenvalue weighted by molar-refractivity contribution is 6.04. The highest BCUT2D eigenvalue weighted by Crippen LogP contribution is 2.15. The largest absolute Gasteiger partial charge is 0.289 e. The van der Waals surface area contributed by atoms with Gasteiger partial charge in [-0.3, -0.25) is 15.2 Å². The summed E-state index contributed by atoms with van der Waals surface area (Å²) in [7, 11) is 0. The molecule has 1 amide bonds. The molecule has 3 N–H and O–H groups in total. The molecule has 0 saturated carbocycles. The lowest BCUT2D eigenvalue weighted by Crippen LogP contribution is -2.30. The number of halogens is 2. The Morgan fingerprint density at radius 2 is 1.88 bits per heavy atom. The lowest BCUT2D eigenvalue weighted by molar-refractivity contribution is 0.0950. The van der Waals surface area contributed by atoms with Crippen molar-refractivity contribution in [1.82, 2.24) is 10.4 Å². The number of pyridine rings is 1. The summed E-state index contributed by atoms with van der Waals surface area (Å²) in [5.74, 6) is 4.68. The summed E-state index contributed by atoms with van der Waals surface area (Å²) in [5.41, 5.74) is 2.42. The van der Waals surface area contributed by atoms with E-state index in [9.17, 15) is 4.79 Å². The van der Waals surface area contributed by atoms with Crippen LogP contribution in [0.25, 0.3) is 10.8 Å². The normalized spacial score (nSPS) is 8.81. The SMILES string of the molecule is Cl.Cl.NNC(=O)c1nccc2ccccc12. The second-order valence-corrected chi connectivity index (χ2v) is 2.85. The number of carbonyl (C=O) groups is 1. The molecule has 2 aromatic rings. The van der Waals surface area contributed by atoms with E-state index in [1.165, 1.54) is 0 Å². The number of nitrogens with two attached hydrogens (primary N) is 1. The number of hydrazine groups is 1. The molecule has 1 aromatic heterocycles. The van der Waals surface area contributed by atoms with Crippen molar-refractivity contribution in [2.24, 2.45) is 5.84 Å². The van der Waals surface area contributed by atoms with Gasteiger partial charge in [0.15, 0.2) is 0 Å². The predicted octanol–water partition coefficient (Wildman–Crippen LogP) is 1.68. The molecular weight excluding hydrogens is 249 g/mol. The minimum absolute atomic E-state index is 0. The Morgan fingerprint density at radius 3 is 2.56 bits per heavy atom. The molecule has 1 aromatic carbocycles. The average molecular weight is 260 g/mol. The van der Waals surface area contributed by atoms with Crippen LogP contribution >= 0.6 is 24.8 Å². The summed E-state index contributed by atoms with van der Waals surface area (Å²) in [6, 6.07) is 9.38. The fraction of sp³-hybridized carbons (Fsp3) is 0. The summed E-state index contributed by atoms with van der Waals surface area (Å²) >= 11 is 0. The van der Waals surface area contributed by atoms with Gasteiger partial charge >= 0.3 is 0 Å². The topological polar surface area (TPSA) is 68.0 Å². The molecule has 0 fully saturated rings. The van der Waals surface area contributed by atoms with Gasteiger partial charge in [-0.1, -0.05) is 24.3 Å². The zero-order chi connectivity index (χ0) is 9.97. The highest BCUT2D eigenvalue weighted by Gasteiger charge is 2.08. The monoisotopic (exact) mass is 259 g/mol. The van der Waals surface area contributed by atoms with Crippen molar-refractivity contribution in [2.75, 3.05) is 0 Å². The Balaban J connectivity index is 0.00000112. The number of nitrogens with zero attached hydrogens (tertiary/aromatic N) is 1. The van der Waals surface area contributed by atoms with Crippen LogP contribution in [-0.4, -0.2) is 10.9 Å². The molecule has 0 aliphatic rings. The molecule has 2 rings (SSSR count). The summed E-state index contributed by atoms with van der Waals surface area (Å²) in [5, 5.41) is 1.78. The van der Waals surface area contributed by atoms with E-state index in [-0.39, 0.29) is 30.7 Å². The third kappa shape index (κ3) is 2.61. The van der Waals surface area contributed by atoms with Crippen LogP contribution in [0.2, 0.25) is 0 Å². The van der Waals surface area contributed by atoms with Crippen LogP contribution in [0.4, 0.5) is 0 Å². The molecule has 4 nitrogen and oxygen atoms in total. The van der Waals surface area contributed by atoms with E-state index in [0.29, 0.717) is 5.69 Å².